The summed E-state index contributed by atoms with van der Waals surface area (Å²) in [5.41, 5.74) is 1.92. The number of hydrogen-bond acceptors (Lipinski definition) is 5. The van der Waals surface area contributed by atoms with Crippen molar-refractivity contribution < 1.29 is 23.5 Å². The Kier molecular flexibility index (Phi) is 4.99. The Morgan fingerprint density at radius 2 is 1.86 bits per heavy atom. The Bertz CT molecular complexity index is 1140. The quantitative estimate of drug-likeness (QED) is 0.332. The molecule has 0 N–H and O–H groups in total. The van der Waals surface area contributed by atoms with Crippen molar-refractivity contribution >= 4 is 29.4 Å². The molecule has 0 fully saturated rings. The van der Waals surface area contributed by atoms with Gasteiger partial charge >= 0.3 is 5.97 Å². The molecular formula is C23H17ClO5. The number of ether oxygens (including phenoxy) is 2. The van der Waals surface area contributed by atoms with Crippen LogP contribution >= 0.6 is 11.6 Å². The maximum absolute atomic E-state index is 12.7. The fraction of sp³-hybridized carbons (Fsp3) is 0.130. The fourth-order valence-corrected chi connectivity index (χ4v) is 3.26. The number of furan rings is 1. The lowest BCUT2D eigenvalue weighted by Crippen LogP contribution is -2.11. The summed E-state index contributed by atoms with van der Waals surface area (Å²) in [5.74, 6) is 1.48. The Hall–Kier alpha value is -3.31. The van der Waals surface area contributed by atoms with Crippen molar-refractivity contribution in [2.45, 2.75) is 20.3 Å². The Labute approximate surface area is 172 Å². The second-order valence-electron chi connectivity index (χ2n) is 6.78. The summed E-state index contributed by atoms with van der Waals surface area (Å²) in [5, 5.41) is 0.603. The van der Waals surface area contributed by atoms with Gasteiger partial charge in [0.1, 0.15) is 23.0 Å². The van der Waals surface area contributed by atoms with E-state index in [9.17, 15) is 9.59 Å². The lowest BCUT2D eigenvalue weighted by Gasteiger charge is -2.08. The lowest BCUT2D eigenvalue weighted by atomic mass is 10.0. The van der Waals surface area contributed by atoms with Crippen molar-refractivity contribution in [1.29, 1.82) is 0 Å². The topological polar surface area (TPSA) is 65.7 Å². The molecule has 5 nitrogen and oxygen atoms in total. The van der Waals surface area contributed by atoms with Gasteiger partial charge in [0.05, 0.1) is 12.0 Å². The third kappa shape index (κ3) is 4.10. The van der Waals surface area contributed by atoms with Gasteiger partial charge in [-0.25, -0.2) is 0 Å². The molecule has 1 aromatic heterocycles. The van der Waals surface area contributed by atoms with E-state index >= 15 is 0 Å². The zero-order valence-electron chi connectivity index (χ0n) is 15.8. The van der Waals surface area contributed by atoms with Crippen LogP contribution in [0.5, 0.6) is 11.5 Å². The molecular weight excluding hydrogens is 392 g/mol. The Morgan fingerprint density at radius 1 is 1.10 bits per heavy atom. The number of hydrogen-bond donors (Lipinski definition) is 0. The summed E-state index contributed by atoms with van der Waals surface area (Å²) in [6.07, 6.45) is 1.66. The minimum Gasteiger partial charge on any atom is -0.462 e. The van der Waals surface area contributed by atoms with Gasteiger partial charge in [-0.3, -0.25) is 9.59 Å². The van der Waals surface area contributed by atoms with E-state index in [2.05, 4.69) is 0 Å². The summed E-state index contributed by atoms with van der Waals surface area (Å²) in [6, 6.07) is 13.8. The van der Waals surface area contributed by atoms with Gasteiger partial charge in [-0.1, -0.05) is 23.7 Å². The molecule has 0 saturated heterocycles. The minimum absolute atomic E-state index is 0.107. The predicted molar refractivity (Wildman–Crippen MR) is 108 cm³/mol. The second kappa shape index (κ2) is 7.60. The van der Waals surface area contributed by atoms with E-state index < -0.39 is 5.97 Å². The van der Waals surface area contributed by atoms with E-state index in [0.29, 0.717) is 33.4 Å². The molecule has 0 atom stereocenters. The largest absolute Gasteiger partial charge is 0.462 e. The number of allylic oxidation sites excluding steroid dienone is 1. The van der Waals surface area contributed by atoms with Crippen molar-refractivity contribution in [1.82, 2.24) is 0 Å². The highest BCUT2D eigenvalue weighted by Gasteiger charge is 2.30. The Balaban J connectivity index is 1.53. The van der Waals surface area contributed by atoms with E-state index in [-0.39, 0.29) is 18.0 Å². The van der Waals surface area contributed by atoms with Crippen LogP contribution in [0.2, 0.25) is 5.02 Å². The monoisotopic (exact) mass is 408 g/mol. The van der Waals surface area contributed by atoms with E-state index in [1.54, 1.807) is 55.5 Å². The molecule has 4 rings (SSSR count). The molecule has 29 heavy (non-hydrogen) atoms. The zero-order valence-corrected chi connectivity index (χ0v) is 16.6. The van der Waals surface area contributed by atoms with Crippen LogP contribution in [0.4, 0.5) is 0 Å². The van der Waals surface area contributed by atoms with Gasteiger partial charge in [0.2, 0.25) is 5.78 Å². The number of benzene rings is 2. The predicted octanol–water partition coefficient (Wildman–Crippen LogP) is 5.31. The van der Waals surface area contributed by atoms with Crippen LogP contribution in [0.1, 0.15) is 33.0 Å². The number of halogens is 1. The SMILES string of the molecule is Cc1ccc(/C=C2\Oc3cc(OC(=O)Cc4ccc(Cl)cc4)cc(C)c3C2=O)o1. The zero-order chi connectivity index (χ0) is 20.5. The van der Waals surface area contributed by atoms with Gasteiger partial charge in [-0.2, -0.15) is 0 Å². The molecule has 1 aliphatic rings. The number of carbonyl (C=O) groups is 2. The molecule has 0 unspecified atom stereocenters. The number of ketones is 1. The number of esters is 1. The van der Waals surface area contributed by atoms with Gasteiger partial charge in [0.25, 0.3) is 0 Å². The van der Waals surface area contributed by atoms with E-state index in [1.807, 2.05) is 13.0 Å². The highest BCUT2D eigenvalue weighted by atomic mass is 35.5. The Morgan fingerprint density at radius 3 is 2.55 bits per heavy atom. The molecule has 1 aliphatic heterocycles. The van der Waals surface area contributed by atoms with Gasteiger partial charge in [-0.15, -0.1) is 0 Å². The number of aryl methyl sites for hydroxylation is 2. The first-order chi connectivity index (χ1) is 13.9. The summed E-state index contributed by atoms with van der Waals surface area (Å²) in [6.45, 7) is 3.60. The summed E-state index contributed by atoms with van der Waals surface area (Å²) in [7, 11) is 0. The molecule has 6 heteroatoms. The number of carbonyl (C=O) groups excluding carboxylic acids is 2. The lowest BCUT2D eigenvalue weighted by molar-refractivity contribution is -0.133. The van der Waals surface area contributed by atoms with Crippen molar-refractivity contribution in [3.63, 3.8) is 0 Å². The van der Waals surface area contributed by atoms with Crippen LogP contribution < -0.4 is 9.47 Å². The second-order valence-corrected chi connectivity index (χ2v) is 7.22. The molecule has 0 amide bonds. The maximum Gasteiger partial charge on any atom is 0.315 e. The van der Waals surface area contributed by atoms with Crippen LogP contribution in [-0.2, 0) is 11.2 Å². The highest BCUT2D eigenvalue weighted by molar-refractivity contribution is 6.30. The van der Waals surface area contributed by atoms with Crippen molar-refractivity contribution in [3.05, 3.63) is 87.5 Å². The first-order valence-corrected chi connectivity index (χ1v) is 9.37. The van der Waals surface area contributed by atoms with E-state index in [4.69, 9.17) is 25.5 Å². The van der Waals surface area contributed by atoms with Gasteiger partial charge in [0.15, 0.2) is 5.76 Å². The molecule has 2 heterocycles. The molecule has 0 spiro atoms. The fourth-order valence-electron chi connectivity index (χ4n) is 3.13. The third-order valence-electron chi connectivity index (χ3n) is 4.47. The molecule has 2 aromatic carbocycles. The minimum atomic E-state index is -0.419. The highest BCUT2D eigenvalue weighted by Crippen LogP contribution is 2.37. The number of rotatable bonds is 4. The maximum atomic E-state index is 12.7. The third-order valence-corrected chi connectivity index (χ3v) is 4.72. The molecule has 0 aliphatic carbocycles. The van der Waals surface area contributed by atoms with Crippen molar-refractivity contribution in [2.24, 2.45) is 0 Å². The van der Waals surface area contributed by atoms with Gasteiger partial charge < -0.3 is 13.9 Å². The van der Waals surface area contributed by atoms with Crippen molar-refractivity contribution in [3.8, 4) is 11.5 Å². The molecule has 146 valence electrons. The van der Waals surface area contributed by atoms with Gasteiger partial charge in [0, 0.05) is 17.2 Å². The standard InChI is InChI=1S/C23H17ClO5/c1-13-9-18(28-21(25)10-15-4-6-16(24)7-5-15)12-19-22(13)23(26)20(29-19)11-17-8-3-14(2)27-17/h3-9,11-12H,10H2,1-2H3/b20-11-. The van der Waals surface area contributed by atoms with E-state index in [0.717, 1.165) is 11.3 Å². The first-order valence-electron chi connectivity index (χ1n) is 8.99. The molecule has 0 bridgehead atoms. The smallest absolute Gasteiger partial charge is 0.315 e. The van der Waals surface area contributed by atoms with Crippen LogP contribution in [0, 0.1) is 13.8 Å². The average Bonchev–Trinajstić information content (AvgIpc) is 3.20. The van der Waals surface area contributed by atoms with E-state index in [1.165, 1.54) is 0 Å². The first kappa shape index (κ1) is 19.0. The van der Waals surface area contributed by atoms with Crippen molar-refractivity contribution in [2.75, 3.05) is 0 Å². The van der Waals surface area contributed by atoms with Crippen LogP contribution in [0.15, 0.2) is 58.7 Å². The molecule has 0 saturated carbocycles. The molecule has 0 radical (unpaired) electrons. The number of Topliss-reactive ketones (excluding diaryl/α,β-unsaturated/α-hetero) is 1. The summed E-state index contributed by atoms with van der Waals surface area (Å²) < 4.78 is 16.6. The normalized spacial score (nSPS) is 14.0. The number of fused-ring (bicyclic) bond motifs is 1. The summed E-state index contributed by atoms with van der Waals surface area (Å²) >= 11 is 5.86. The molecule has 3 aromatic rings. The van der Waals surface area contributed by atoms with Gasteiger partial charge in [-0.05, 0) is 55.3 Å². The van der Waals surface area contributed by atoms with Crippen LogP contribution in [-0.4, -0.2) is 11.8 Å². The summed E-state index contributed by atoms with van der Waals surface area (Å²) in [4.78, 5) is 24.9. The average molecular weight is 409 g/mol. The van der Waals surface area contributed by atoms with Crippen LogP contribution in [0.25, 0.3) is 6.08 Å². The van der Waals surface area contributed by atoms with Crippen LogP contribution in [0.3, 0.4) is 0 Å².